The molecule has 1 aromatic heterocycles. The lowest BCUT2D eigenvalue weighted by Gasteiger charge is -2.22. The highest BCUT2D eigenvalue weighted by atomic mass is 15.1. The van der Waals surface area contributed by atoms with Crippen LogP contribution in [0.4, 0.5) is 0 Å². The highest BCUT2D eigenvalue weighted by Crippen LogP contribution is 2.29. The van der Waals surface area contributed by atoms with Gasteiger partial charge in [-0.3, -0.25) is 0 Å². The molecule has 0 radical (unpaired) electrons. The summed E-state index contributed by atoms with van der Waals surface area (Å²) in [4.78, 5) is 5.53. The molecule has 0 amide bonds. The number of benzene rings is 1. The fraction of sp³-hybridized carbons (Fsp3) is 0.429. The van der Waals surface area contributed by atoms with Gasteiger partial charge in [-0.05, 0) is 50.7 Å². The Labute approximate surface area is 103 Å². The highest BCUT2D eigenvalue weighted by molar-refractivity contribution is 5.87. The highest BCUT2D eigenvalue weighted by Gasteiger charge is 2.17. The molecule has 1 unspecified atom stereocenters. The minimum Gasteiger partial charge on any atom is -0.361 e. The van der Waals surface area contributed by atoms with Crippen molar-refractivity contribution in [3.8, 4) is 0 Å². The first-order chi connectivity index (χ1) is 8.04. The van der Waals surface area contributed by atoms with Crippen molar-refractivity contribution in [3.05, 3.63) is 35.0 Å². The SMILES string of the molecule is Cc1cc(C)c2c(C(CN)N(C)C)c[nH]c2c1. The predicted octanol–water partition coefficient (Wildman–Crippen LogP) is 2.35. The van der Waals surface area contributed by atoms with Crippen molar-refractivity contribution in [3.63, 3.8) is 0 Å². The quantitative estimate of drug-likeness (QED) is 0.851. The molecule has 17 heavy (non-hydrogen) atoms. The first kappa shape index (κ1) is 12.1. The molecule has 3 heteroatoms. The molecule has 0 saturated heterocycles. The van der Waals surface area contributed by atoms with Crippen molar-refractivity contribution >= 4 is 10.9 Å². The third-order valence-corrected chi connectivity index (χ3v) is 3.36. The summed E-state index contributed by atoms with van der Waals surface area (Å²) in [5, 5.41) is 1.32. The van der Waals surface area contributed by atoms with Crippen molar-refractivity contribution in [1.29, 1.82) is 0 Å². The van der Waals surface area contributed by atoms with Gasteiger partial charge in [-0.1, -0.05) is 6.07 Å². The van der Waals surface area contributed by atoms with E-state index in [9.17, 15) is 0 Å². The van der Waals surface area contributed by atoms with Gasteiger partial charge in [-0.2, -0.15) is 0 Å². The molecule has 0 aliphatic heterocycles. The number of aromatic nitrogens is 1. The van der Waals surface area contributed by atoms with Crippen LogP contribution in [0.5, 0.6) is 0 Å². The van der Waals surface area contributed by atoms with Crippen LogP contribution in [0.1, 0.15) is 22.7 Å². The number of hydrogen-bond acceptors (Lipinski definition) is 2. The van der Waals surface area contributed by atoms with Gasteiger partial charge in [-0.25, -0.2) is 0 Å². The molecule has 3 N–H and O–H groups in total. The van der Waals surface area contributed by atoms with Gasteiger partial charge in [0.1, 0.15) is 0 Å². The van der Waals surface area contributed by atoms with E-state index >= 15 is 0 Å². The van der Waals surface area contributed by atoms with Crippen molar-refractivity contribution in [2.75, 3.05) is 20.6 Å². The fourth-order valence-electron chi connectivity index (χ4n) is 2.57. The summed E-state index contributed by atoms with van der Waals surface area (Å²) in [7, 11) is 4.14. The number of rotatable bonds is 3. The summed E-state index contributed by atoms with van der Waals surface area (Å²) >= 11 is 0. The Balaban J connectivity index is 2.63. The molecule has 1 aromatic carbocycles. The predicted molar refractivity (Wildman–Crippen MR) is 73.3 cm³/mol. The number of fused-ring (bicyclic) bond motifs is 1. The van der Waals surface area contributed by atoms with Crippen LogP contribution in [0.25, 0.3) is 10.9 Å². The zero-order valence-electron chi connectivity index (χ0n) is 11.0. The van der Waals surface area contributed by atoms with Crippen molar-refractivity contribution in [2.45, 2.75) is 19.9 Å². The van der Waals surface area contributed by atoms with Gasteiger partial charge in [0.25, 0.3) is 0 Å². The average Bonchev–Trinajstić information content (AvgIpc) is 2.62. The van der Waals surface area contributed by atoms with Crippen molar-refractivity contribution in [1.82, 2.24) is 9.88 Å². The third kappa shape index (κ3) is 2.08. The summed E-state index contributed by atoms with van der Waals surface area (Å²) < 4.78 is 0. The zero-order valence-corrected chi connectivity index (χ0v) is 11.0. The van der Waals surface area contributed by atoms with Gasteiger partial charge < -0.3 is 15.6 Å². The topological polar surface area (TPSA) is 45.0 Å². The van der Waals surface area contributed by atoms with Crippen LogP contribution in [-0.2, 0) is 0 Å². The fourth-order valence-corrected chi connectivity index (χ4v) is 2.57. The largest absolute Gasteiger partial charge is 0.361 e. The summed E-state index contributed by atoms with van der Waals surface area (Å²) in [5.74, 6) is 0. The number of aromatic amines is 1. The van der Waals surface area contributed by atoms with E-state index in [1.165, 1.54) is 27.6 Å². The van der Waals surface area contributed by atoms with Crippen LogP contribution in [0.2, 0.25) is 0 Å². The Hall–Kier alpha value is -1.32. The van der Waals surface area contributed by atoms with E-state index < -0.39 is 0 Å². The van der Waals surface area contributed by atoms with E-state index in [4.69, 9.17) is 5.73 Å². The second kappa shape index (κ2) is 4.51. The molecule has 3 nitrogen and oxygen atoms in total. The van der Waals surface area contributed by atoms with E-state index in [0.717, 1.165) is 0 Å². The van der Waals surface area contributed by atoms with Gasteiger partial charge >= 0.3 is 0 Å². The van der Waals surface area contributed by atoms with E-state index in [1.54, 1.807) is 0 Å². The number of nitrogens with one attached hydrogen (secondary N) is 1. The average molecular weight is 231 g/mol. The number of hydrogen-bond donors (Lipinski definition) is 2. The molecule has 2 aromatic rings. The van der Waals surface area contributed by atoms with E-state index in [2.05, 4.69) is 56.2 Å². The molecule has 1 atom stereocenters. The van der Waals surface area contributed by atoms with E-state index in [-0.39, 0.29) is 6.04 Å². The minimum absolute atomic E-state index is 0.269. The Bertz CT molecular complexity index is 525. The third-order valence-electron chi connectivity index (χ3n) is 3.36. The Kier molecular flexibility index (Phi) is 3.22. The lowest BCUT2D eigenvalue weighted by molar-refractivity contribution is 0.308. The van der Waals surface area contributed by atoms with Gasteiger partial charge in [0.2, 0.25) is 0 Å². The monoisotopic (exact) mass is 231 g/mol. The molecule has 0 spiro atoms. The molecular formula is C14H21N3. The second-order valence-corrected chi connectivity index (χ2v) is 4.96. The van der Waals surface area contributed by atoms with Crippen LogP contribution in [0, 0.1) is 13.8 Å². The molecule has 0 aliphatic rings. The maximum atomic E-state index is 5.88. The number of nitrogens with two attached hydrogens (primary N) is 1. The summed E-state index contributed by atoms with van der Waals surface area (Å²) in [6.07, 6.45) is 2.09. The van der Waals surface area contributed by atoms with Crippen LogP contribution in [0.3, 0.4) is 0 Å². The minimum atomic E-state index is 0.269. The second-order valence-electron chi connectivity index (χ2n) is 4.96. The molecule has 0 aliphatic carbocycles. The molecule has 92 valence electrons. The number of nitrogens with zero attached hydrogens (tertiary/aromatic N) is 1. The Morgan fingerprint density at radius 2 is 2.00 bits per heavy atom. The molecule has 0 fully saturated rings. The summed E-state index contributed by atoms with van der Waals surface area (Å²) in [6, 6.07) is 4.68. The van der Waals surface area contributed by atoms with Gasteiger partial charge in [0, 0.05) is 29.7 Å². The normalized spacial score (nSPS) is 13.5. The number of likely N-dealkylation sites (N-methyl/N-ethyl adjacent to an activating group) is 1. The lowest BCUT2D eigenvalue weighted by atomic mass is 10.00. The smallest absolute Gasteiger partial charge is 0.0485 e. The summed E-state index contributed by atoms with van der Waals surface area (Å²) in [6.45, 7) is 4.92. The van der Waals surface area contributed by atoms with Crippen LogP contribution in [0.15, 0.2) is 18.3 Å². The Morgan fingerprint density at radius 1 is 1.29 bits per heavy atom. The maximum Gasteiger partial charge on any atom is 0.0485 e. The van der Waals surface area contributed by atoms with Gasteiger partial charge in [-0.15, -0.1) is 0 Å². The van der Waals surface area contributed by atoms with Crippen molar-refractivity contribution in [2.24, 2.45) is 5.73 Å². The zero-order chi connectivity index (χ0) is 12.6. The van der Waals surface area contributed by atoms with Crippen LogP contribution < -0.4 is 5.73 Å². The lowest BCUT2D eigenvalue weighted by Crippen LogP contribution is -2.27. The number of aryl methyl sites for hydroxylation is 2. The summed E-state index contributed by atoms with van der Waals surface area (Å²) in [5.41, 5.74) is 11.0. The molecule has 0 saturated carbocycles. The van der Waals surface area contributed by atoms with Gasteiger partial charge in [0.05, 0.1) is 0 Å². The molecule has 1 heterocycles. The van der Waals surface area contributed by atoms with Crippen LogP contribution in [-0.4, -0.2) is 30.5 Å². The van der Waals surface area contributed by atoms with Crippen LogP contribution >= 0.6 is 0 Å². The standard InChI is InChI=1S/C14H21N3/c1-9-5-10(2)14-11(8-16-12(14)6-9)13(7-15)17(3)4/h5-6,8,13,16H,7,15H2,1-4H3. The molecule has 2 rings (SSSR count). The van der Waals surface area contributed by atoms with E-state index in [1.807, 2.05) is 0 Å². The van der Waals surface area contributed by atoms with Crippen molar-refractivity contribution < 1.29 is 0 Å². The number of H-pyrrole nitrogens is 1. The van der Waals surface area contributed by atoms with Gasteiger partial charge in [0.15, 0.2) is 0 Å². The van der Waals surface area contributed by atoms with E-state index in [0.29, 0.717) is 6.54 Å². The Morgan fingerprint density at radius 3 is 2.59 bits per heavy atom. The maximum absolute atomic E-state index is 5.88. The molecular weight excluding hydrogens is 210 g/mol. The first-order valence-corrected chi connectivity index (χ1v) is 5.99. The molecule has 0 bridgehead atoms. The first-order valence-electron chi connectivity index (χ1n) is 5.99.